The van der Waals surface area contributed by atoms with Crippen LogP contribution in [0.5, 0.6) is 0 Å². The van der Waals surface area contributed by atoms with E-state index in [1.807, 2.05) is 60.4 Å². The summed E-state index contributed by atoms with van der Waals surface area (Å²) in [5.74, 6) is 0.237. The first-order valence-electron chi connectivity index (χ1n) is 11.4. The second kappa shape index (κ2) is 9.63. The van der Waals surface area contributed by atoms with Crippen LogP contribution in [0.1, 0.15) is 30.9 Å². The van der Waals surface area contributed by atoms with E-state index in [0.29, 0.717) is 37.0 Å². The van der Waals surface area contributed by atoms with Crippen LogP contribution in [0, 0.1) is 6.92 Å². The fourth-order valence-corrected chi connectivity index (χ4v) is 5.79. The van der Waals surface area contributed by atoms with E-state index in [9.17, 15) is 13.2 Å². The third kappa shape index (κ3) is 5.11. The summed E-state index contributed by atoms with van der Waals surface area (Å²) >= 11 is 0. The van der Waals surface area contributed by atoms with Gasteiger partial charge in [0.1, 0.15) is 0 Å². The molecule has 1 aliphatic heterocycles. The fraction of sp³-hybridized carbons (Fsp3) is 0.346. The number of piperazine rings is 1. The van der Waals surface area contributed by atoms with Gasteiger partial charge in [0.2, 0.25) is 15.9 Å². The van der Waals surface area contributed by atoms with Gasteiger partial charge in [-0.3, -0.25) is 9.69 Å². The topological polar surface area (TPSA) is 69.7 Å². The molecule has 174 valence electrons. The normalized spacial score (nSPS) is 15.8. The number of para-hydroxylation sites is 1. The van der Waals surface area contributed by atoms with Crippen molar-refractivity contribution in [1.29, 1.82) is 0 Å². The molecule has 1 fully saturated rings. The van der Waals surface area contributed by atoms with Gasteiger partial charge in [0.05, 0.1) is 11.4 Å². The number of benzene rings is 3. The molecule has 6 nitrogen and oxygen atoms in total. The maximum atomic E-state index is 13.2. The lowest BCUT2D eigenvalue weighted by molar-refractivity contribution is -0.117. The molecular weight excluding hydrogens is 434 g/mol. The first-order chi connectivity index (χ1) is 15.8. The molecule has 1 aliphatic rings. The Bertz CT molecular complexity index is 1260. The zero-order chi connectivity index (χ0) is 23.6. The molecular formula is C26H31N3O3S. The molecule has 0 unspecified atom stereocenters. The Morgan fingerprint density at radius 2 is 1.64 bits per heavy atom. The number of fused-ring (bicyclic) bond motifs is 1. The van der Waals surface area contributed by atoms with E-state index in [0.717, 1.165) is 27.6 Å². The summed E-state index contributed by atoms with van der Waals surface area (Å²) in [5.41, 5.74) is 3.05. The van der Waals surface area contributed by atoms with Gasteiger partial charge in [-0.15, -0.1) is 0 Å². The Kier molecular flexibility index (Phi) is 6.83. The predicted octanol–water partition coefficient (Wildman–Crippen LogP) is 4.22. The average Bonchev–Trinajstić information content (AvgIpc) is 2.80. The molecule has 0 spiro atoms. The number of rotatable bonds is 6. The monoisotopic (exact) mass is 465 g/mol. The Morgan fingerprint density at radius 1 is 0.939 bits per heavy atom. The summed E-state index contributed by atoms with van der Waals surface area (Å²) in [5, 5.41) is 5.00. The summed E-state index contributed by atoms with van der Waals surface area (Å²) in [6.45, 7) is 8.23. The maximum Gasteiger partial charge on any atom is 0.243 e. The van der Waals surface area contributed by atoms with Gasteiger partial charge in [0.25, 0.3) is 0 Å². The third-order valence-electron chi connectivity index (χ3n) is 6.25. The molecule has 0 aromatic heterocycles. The van der Waals surface area contributed by atoms with E-state index < -0.39 is 10.0 Å². The lowest BCUT2D eigenvalue weighted by atomic mass is 9.98. The van der Waals surface area contributed by atoms with Crippen molar-refractivity contribution in [3.63, 3.8) is 0 Å². The van der Waals surface area contributed by atoms with E-state index in [4.69, 9.17) is 0 Å². The van der Waals surface area contributed by atoms with Crippen LogP contribution in [0.4, 0.5) is 5.69 Å². The molecule has 4 rings (SSSR count). The van der Waals surface area contributed by atoms with Crippen LogP contribution in [0.2, 0.25) is 0 Å². The minimum absolute atomic E-state index is 0.0722. The number of hydrogen-bond donors (Lipinski definition) is 1. The maximum absolute atomic E-state index is 13.2. The highest BCUT2D eigenvalue weighted by Gasteiger charge is 2.29. The minimum atomic E-state index is -3.57. The van der Waals surface area contributed by atoms with Crippen molar-refractivity contribution in [3.8, 4) is 0 Å². The number of nitrogens with one attached hydrogen (secondary N) is 1. The molecule has 0 bridgehead atoms. The average molecular weight is 466 g/mol. The minimum Gasteiger partial charge on any atom is -0.324 e. The summed E-state index contributed by atoms with van der Waals surface area (Å²) < 4.78 is 27.9. The number of hydrogen-bond acceptors (Lipinski definition) is 4. The Morgan fingerprint density at radius 3 is 2.33 bits per heavy atom. The molecule has 0 radical (unpaired) electrons. The fourth-order valence-electron chi connectivity index (χ4n) is 4.33. The molecule has 1 saturated heterocycles. The van der Waals surface area contributed by atoms with Crippen LogP contribution in [-0.2, 0) is 14.8 Å². The number of carbonyl (C=O) groups excluding carboxylic acids is 1. The van der Waals surface area contributed by atoms with Gasteiger partial charge in [-0.2, -0.15) is 4.31 Å². The summed E-state index contributed by atoms with van der Waals surface area (Å²) in [4.78, 5) is 15.1. The van der Waals surface area contributed by atoms with E-state index in [2.05, 4.69) is 19.2 Å². The van der Waals surface area contributed by atoms with Crippen LogP contribution in [0.3, 0.4) is 0 Å². The second-order valence-electron chi connectivity index (χ2n) is 8.93. The van der Waals surface area contributed by atoms with Gasteiger partial charge < -0.3 is 5.32 Å². The van der Waals surface area contributed by atoms with Gasteiger partial charge in [-0.25, -0.2) is 8.42 Å². The number of nitrogens with zero attached hydrogens (tertiary/aromatic N) is 2. The summed E-state index contributed by atoms with van der Waals surface area (Å²) in [6.07, 6.45) is 0. The van der Waals surface area contributed by atoms with Crippen LogP contribution in [0.25, 0.3) is 10.8 Å². The first-order valence-corrected chi connectivity index (χ1v) is 12.8. The molecule has 7 heteroatoms. The highest BCUT2D eigenvalue weighted by molar-refractivity contribution is 7.89. The first kappa shape index (κ1) is 23.4. The number of sulfonamides is 1. The van der Waals surface area contributed by atoms with Crippen LogP contribution < -0.4 is 5.32 Å². The van der Waals surface area contributed by atoms with Crippen molar-refractivity contribution in [2.24, 2.45) is 0 Å². The molecule has 1 N–H and O–H groups in total. The SMILES string of the molecule is Cc1cccc(C(C)C)c1NC(=O)CN1CCN(S(=O)(=O)c2ccc3ccccc3c2)CC1. The third-order valence-corrected chi connectivity index (χ3v) is 8.14. The van der Waals surface area contributed by atoms with Crippen molar-refractivity contribution in [2.45, 2.75) is 31.6 Å². The van der Waals surface area contributed by atoms with Crippen molar-refractivity contribution in [1.82, 2.24) is 9.21 Å². The molecule has 3 aromatic rings. The second-order valence-corrected chi connectivity index (χ2v) is 10.9. The summed E-state index contributed by atoms with van der Waals surface area (Å²) in [7, 11) is -3.57. The van der Waals surface area contributed by atoms with E-state index in [-0.39, 0.29) is 12.5 Å². The highest BCUT2D eigenvalue weighted by atomic mass is 32.2. The largest absolute Gasteiger partial charge is 0.324 e. The molecule has 0 aliphatic carbocycles. The van der Waals surface area contributed by atoms with Gasteiger partial charge in [-0.05, 0) is 46.9 Å². The van der Waals surface area contributed by atoms with Crippen LogP contribution in [0.15, 0.2) is 65.6 Å². The van der Waals surface area contributed by atoms with E-state index in [1.54, 1.807) is 12.1 Å². The Labute approximate surface area is 196 Å². The highest BCUT2D eigenvalue weighted by Crippen LogP contribution is 2.27. The zero-order valence-corrected chi connectivity index (χ0v) is 20.2. The number of amides is 1. The molecule has 0 atom stereocenters. The van der Waals surface area contributed by atoms with Crippen LogP contribution in [-0.4, -0.2) is 56.3 Å². The molecule has 33 heavy (non-hydrogen) atoms. The number of carbonyl (C=O) groups is 1. The van der Waals surface area contributed by atoms with Crippen molar-refractivity contribution in [3.05, 3.63) is 71.8 Å². The quantitative estimate of drug-likeness (QED) is 0.592. The molecule has 1 amide bonds. The summed E-state index contributed by atoms with van der Waals surface area (Å²) in [6, 6.07) is 19.0. The standard InChI is InChI=1S/C26H31N3O3S/c1-19(2)24-10-6-7-20(3)26(24)27-25(30)18-28-13-15-29(16-14-28)33(31,32)23-12-11-21-8-4-5-9-22(21)17-23/h4-12,17,19H,13-16,18H2,1-3H3,(H,27,30). The molecule has 1 heterocycles. The number of aryl methyl sites for hydroxylation is 1. The van der Waals surface area contributed by atoms with Crippen molar-refractivity contribution >= 4 is 32.4 Å². The van der Waals surface area contributed by atoms with Gasteiger partial charge in [-0.1, -0.05) is 62.4 Å². The van der Waals surface area contributed by atoms with E-state index >= 15 is 0 Å². The predicted molar refractivity (Wildman–Crippen MR) is 133 cm³/mol. The smallest absolute Gasteiger partial charge is 0.243 e. The molecule has 0 saturated carbocycles. The Balaban J connectivity index is 1.38. The van der Waals surface area contributed by atoms with Crippen molar-refractivity contribution in [2.75, 3.05) is 38.0 Å². The number of anilines is 1. The Hall–Kier alpha value is -2.74. The lowest BCUT2D eigenvalue weighted by Crippen LogP contribution is -2.50. The van der Waals surface area contributed by atoms with Gasteiger partial charge >= 0.3 is 0 Å². The van der Waals surface area contributed by atoms with E-state index in [1.165, 1.54) is 4.31 Å². The van der Waals surface area contributed by atoms with Gasteiger partial charge in [0, 0.05) is 31.9 Å². The molecule has 3 aromatic carbocycles. The van der Waals surface area contributed by atoms with Gasteiger partial charge in [0.15, 0.2) is 0 Å². The zero-order valence-electron chi connectivity index (χ0n) is 19.4. The lowest BCUT2D eigenvalue weighted by Gasteiger charge is -2.33. The van der Waals surface area contributed by atoms with Crippen molar-refractivity contribution < 1.29 is 13.2 Å². The van der Waals surface area contributed by atoms with Crippen LogP contribution >= 0.6 is 0 Å².